The summed E-state index contributed by atoms with van der Waals surface area (Å²) in [6, 6.07) is 10.4. The van der Waals surface area contributed by atoms with Crippen molar-refractivity contribution in [3.05, 3.63) is 71.1 Å². The molecule has 1 aromatic carbocycles. The predicted molar refractivity (Wildman–Crippen MR) is 140 cm³/mol. The minimum absolute atomic E-state index is 0.0291. The van der Waals surface area contributed by atoms with Gasteiger partial charge in [-0.1, -0.05) is 18.5 Å². The van der Waals surface area contributed by atoms with E-state index in [0.717, 1.165) is 25.9 Å². The predicted octanol–water partition coefficient (Wildman–Crippen LogP) is 3.56. The van der Waals surface area contributed by atoms with E-state index in [1.54, 1.807) is 25.1 Å². The van der Waals surface area contributed by atoms with Gasteiger partial charge in [0.1, 0.15) is 17.7 Å². The van der Waals surface area contributed by atoms with Crippen LogP contribution in [0.1, 0.15) is 40.6 Å². The van der Waals surface area contributed by atoms with Crippen molar-refractivity contribution in [1.82, 2.24) is 15.3 Å². The van der Waals surface area contributed by atoms with Crippen LogP contribution in [0.3, 0.4) is 0 Å². The van der Waals surface area contributed by atoms with Crippen LogP contribution in [0.5, 0.6) is 5.75 Å². The molecular weight excluding hydrogens is 518 g/mol. The number of piperidine rings is 1. The minimum atomic E-state index is -3.51. The lowest BCUT2D eigenvalue weighted by atomic mass is 10.1. The van der Waals surface area contributed by atoms with E-state index < -0.39 is 21.7 Å². The SMILES string of the molecule is CCS(=O)(=O)c1ccc(C(=O)Nc2cccnc2C(=O)Nc2ccc(Cl)cn2)c(OC2CCNCC2)c1. The quantitative estimate of drug-likeness (QED) is 0.392. The van der Waals surface area contributed by atoms with Crippen LogP contribution in [-0.2, 0) is 9.84 Å². The van der Waals surface area contributed by atoms with Gasteiger partial charge in [-0.25, -0.2) is 18.4 Å². The number of halogens is 1. The summed E-state index contributed by atoms with van der Waals surface area (Å²) in [4.78, 5) is 34.4. The molecule has 3 aromatic rings. The van der Waals surface area contributed by atoms with Crippen LogP contribution in [0.15, 0.2) is 59.8 Å². The number of sulfone groups is 1. The molecule has 37 heavy (non-hydrogen) atoms. The third-order valence-electron chi connectivity index (χ3n) is 5.76. The lowest BCUT2D eigenvalue weighted by molar-refractivity contribution is 0.101. The van der Waals surface area contributed by atoms with Crippen LogP contribution in [0.2, 0.25) is 5.02 Å². The number of aromatic nitrogens is 2. The Morgan fingerprint density at radius 1 is 1.08 bits per heavy atom. The summed E-state index contributed by atoms with van der Waals surface area (Å²) in [6.45, 7) is 3.07. The highest BCUT2D eigenvalue weighted by Crippen LogP contribution is 2.28. The number of ether oxygens (including phenoxy) is 1. The van der Waals surface area contributed by atoms with E-state index >= 15 is 0 Å². The number of hydrogen-bond donors (Lipinski definition) is 3. The van der Waals surface area contributed by atoms with Crippen LogP contribution in [0, 0.1) is 0 Å². The first-order valence-corrected chi connectivity index (χ1v) is 13.7. The fourth-order valence-electron chi connectivity index (χ4n) is 3.74. The van der Waals surface area contributed by atoms with Crippen molar-refractivity contribution in [2.45, 2.75) is 30.8 Å². The number of pyridine rings is 2. The summed E-state index contributed by atoms with van der Waals surface area (Å²) in [7, 11) is -3.51. The normalized spacial score (nSPS) is 14.1. The molecule has 0 saturated carbocycles. The zero-order chi connectivity index (χ0) is 26.4. The molecule has 1 fully saturated rings. The molecule has 0 aliphatic carbocycles. The molecule has 0 spiro atoms. The third-order valence-corrected chi connectivity index (χ3v) is 7.71. The Kier molecular flexibility index (Phi) is 8.37. The molecular formula is C25H26ClN5O5S. The first kappa shape index (κ1) is 26.5. The molecule has 0 unspecified atom stereocenters. The van der Waals surface area contributed by atoms with E-state index in [0.29, 0.717) is 5.02 Å². The Balaban J connectivity index is 1.60. The van der Waals surface area contributed by atoms with Crippen LogP contribution in [0.25, 0.3) is 0 Å². The summed E-state index contributed by atoms with van der Waals surface area (Å²) in [5.74, 6) is -0.804. The Labute approximate surface area is 219 Å². The number of nitrogens with one attached hydrogen (secondary N) is 3. The number of anilines is 2. The number of benzene rings is 1. The van der Waals surface area contributed by atoms with Crippen molar-refractivity contribution in [1.29, 1.82) is 0 Å². The van der Waals surface area contributed by atoms with Gasteiger partial charge in [0.2, 0.25) is 0 Å². The van der Waals surface area contributed by atoms with E-state index in [1.165, 1.54) is 36.7 Å². The summed E-state index contributed by atoms with van der Waals surface area (Å²) < 4.78 is 31.1. The first-order valence-electron chi connectivity index (χ1n) is 11.7. The lowest BCUT2D eigenvalue weighted by Crippen LogP contribution is -2.34. The number of amides is 2. The number of nitrogens with zero attached hydrogens (tertiary/aromatic N) is 2. The fraction of sp³-hybridized carbons (Fsp3) is 0.280. The lowest BCUT2D eigenvalue weighted by Gasteiger charge is -2.25. The maximum absolute atomic E-state index is 13.3. The molecule has 3 heterocycles. The molecule has 194 valence electrons. The van der Waals surface area contributed by atoms with Gasteiger partial charge in [0.05, 0.1) is 26.9 Å². The maximum Gasteiger partial charge on any atom is 0.277 e. The second-order valence-electron chi connectivity index (χ2n) is 8.30. The zero-order valence-corrected chi connectivity index (χ0v) is 21.6. The minimum Gasteiger partial charge on any atom is -0.489 e. The van der Waals surface area contributed by atoms with Gasteiger partial charge in [-0.3, -0.25) is 9.59 Å². The zero-order valence-electron chi connectivity index (χ0n) is 20.0. The van der Waals surface area contributed by atoms with Crippen molar-refractivity contribution in [2.75, 3.05) is 29.5 Å². The Hall–Kier alpha value is -3.54. The smallest absolute Gasteiger partial charge is 0.277 e. The van der Waals surface area contributed by atoms with Crippen molar-refractivity contribution in [3.63, 3.8) is 0 Å². The van der Waals surface area contributed by atoms with Crippen molar-refractivity contribution in [3.8, 4) is 5.75 Å². The third kappa shape index (κ3) is 6.62. The second kappa shape index (κ2) is 11.7. The summed E-state index contributed by atoms with van der Waals surface area (Å²) >= 11 is 5.84. The standard InChI is InChI=1S/C25H26ClN5O5S/c1-2-37(34,35)18-6-7-19(21(14-18)36-17-9-12-27-13-10-17)24(32)30-20-4-3-11-28-23(20)25(33)31-22-8-5-16(26)15-29-22/h3-8,11,14-15,17,27H,2,9-10,12-13H2,1H3,(H,30,32)(H,29,31,33). The van der Waals surface area contributed by atoms with Gasteiger partial charge in [0, 0.05) is 12.4 Å². The highest BCUT2D eigenvalue weighted by atomic mass is 35.5. The van der Waals surface area contributed by atoms with Gasteiger partial charge in [-0.15, -0.1) is 0 Å². The molecule has 3 N–H and O–H groups in total. The van der Waals surface area contributed by atoms with Crippen molar-refractivity contribution in [2.24, 2.45) is 0 Å². The Morgan fingerprint density at radius 3 is 2.57 bits per heavy atom. The molecule has 1 saturated heterocycles. The largest absolute Gasteiger partial charge is 0.489 e. The van der Waals surface area contributed by atoms with Gasteiger partial charge in [-0.2, -0.15) is 0 Å². The van der Waals surface area contributed by atoms with Gasteiger partial charge >= 0.3 is 0 Å². The topological polar surface area (TPSA) is 139 Å². The summed E-state index contributed by atoms with van der Waals surface area (Å²) in [6.07, 6.45) is 4.09. The van der Waals surface area contributed by atoms with E-state index in [2.05, 4.69) is 25.9 Å². The van der Waals surface area contributed by atoms with Crippen LogP contribution >= 0.6 is 11.6 Å². The molecule has 0 atom stereocenters. The van der Waals surface area contributed by atoms with Gasteiger partial charge in [-0.05, 0) is 68.4 Å². The molecule has 2 amide bonds. The molecule has 4 rings (SSSR count). The van der Waals surface area contributed by atoms with Crippen molar-refractivity contribution >= 4 is 44.8 Å². The highest BCUT2D eigenvalue weighted by molar-refractivity contribution is 7.91. The summed E-state index contributed by atoms with van der Waals surface area (Å²) in [5, 5.41) is 8.98. The van der Waals surface area contributed by atoms with Gasteiger partial charge < -0.3 is 20.7 Å². The summed E-state index contributed by atoms with van der Waals surface area (Å²) in [5.41, 5.74) is 0.277. The molecule has 2 aromatic heterocycles. The second-order valence-corrected chi connectivity index (χ2v) is 11.0. The molecule has 1 aliphatic rings. The van der Waals surface area contributed by atoms with Crippen LogP contribution < -0.4 is 20.7 Å². The highest BCUT2D eigenvalue weighted by Gasteiger charge is 2.24. The molecule has 10 nitrogen and oxygen atoms in total. The van der Waals surface area contributed by atoms with Crippen LogP contribution in [-0.4, -0.2) is 55.1 Å². The molecule has 1 aliphatic heterocycles. The Bertz CT molecular complexity index is 1390. The van der Waals surface area contributed by atoms with E-state index in [4.69, 9.17) is 16.3 Å². The van der Waals surface area contributed by atoms with E-state index in [-0.39, 0.29) is 45.3 Å². The van der Waals surface area contributed by atoms with Crippen molar-refractivity contribution < 1.29 is 22.7 Å². The van der Waals surface area contributed by atoms with E-state index in [9.17, 15) is 18.0 Å². The molecule has 0 radical (unpaired) electrons. The van der Waals surface area contributed by atoms with Crippen LogP contribution in [0.4, 0.5) is 11.5 Å². The maximum atomic E-state index is 13.3. The molecule has 12 heteroatoms. The number of carbonyl (C=O) groups is 2. The van der Waals surface area contributed by atoms with Gasteiger partial charge in [0.25, 0.3) is 11.8 Å². The fourth-order valence-corrected chi connectivity index (χ4v) is 4.75. The first-order chi connectivity index (χ1) is 17.8. The van der Waals surface area contributed by atoms with Gasteiger partial charge in [0.15, 0.2) is 15.5 Å². The Morgan fingerprint density at radius 2 is 1.86 bits per heavy atom. The number of rotatable bonds is 8. The monoisotopic (exact) mass is 543 g/mol. The number of hydrogen-bond acceptors (Lipinski definition) is 8. The van der Waals surface area contributed by atoms with E-state index in [1.807, 2.05) is 0 Å². The molecule has 0 bridgehead atoms. The number of carbonyl (C=O) groups excluding carboxylic acids is 2. The average molecular weight is 544 g/mol. The average Bonchev–Trinajstić information content (AvgIpc) is 2.90.